The molecule has 2 aliphatic heterocycles. The SMILES string of the molecule is CC(=O)NCCNCc1cc(Cl)c(OCc2cccc(-c3cccc(OCCCN4CCC5(CCOC5)C4)c3C)c2C)cc1OCc1cccnc1. The molecule has 2 fully saturated rings. The first-order valence-electron chi connectivity index (χ1n) is 18.3. The molecule has 3 aromatic carbocycles. The number of nitrogens with one attached hydrogen (secondary N) is 2. The molecule has 276 valence electrons. The second kappa shape index (κ2) is 18.1. The van der Waals surface area contributed by atoms with Gasteiger partial charge in [0.05, 0.1) is 18.2 Å². The van der Waals surface area contributed by atoms with Crippen molar-refractivity contribution in [3.05, 3.63) is 106 Å². The zero-order valence-electron chi connectivity index (χ0n) is 30.6. The average molecular weight is 727 g/mol. The smallest absolute Gasteiger partial charge is 0.216 e. The molecule has 2 aliphatic rings. The lowest BCUT2D eigenvalue weighted by atomic mass is 9.87. The summed E-state index contributed by atoms with van der Waals surface area (Å²) in [5, 5.41) is 6.65. The van der Waals surface area contributed by atoms with Crippen molar-refractivity contribution in [1.29, 1.82) is 0 Å². The van der Waals surface area contributed by atoms with Crippen LogP contribution in [0, 0.1) is 19.3 Å². The van der Waals surface area contributed by atoms with E-state index in [1.807, 2.05) is 24.3 Å². The van der Waals surface area contributed by atoms with Crippen LogP contribution in [0.25, 0.3) is 11.1 Å². The van der Waals surface area contributed by atoms with Crippen LogP contribution in [0.4, 0.5) is 0 Å². The molecular weight excluding hydrogens is 676 g/mol. The van der Waals surface area contributed by atoms with Gasteiger partial charge in [0.15, 0.2) is 0 Å². The van der Waals surface area contributed by atoms with Gasteiger partial charge in [0.2, 0.25) is 5.91 Å². The quantitative estimate of drug-likeness (QED) is 0.110. The van der Waals surface area contributed by atoms with Crippen LogP contribution in [0.15, 0.2) is 73.1 Å². The summed E-state index contributed by atoms with van der Waals surface area (Å²) in [5.41, 5.74) is 7.89. The standard InChI is InChI=1S/C42H51ClN4O5/c1-30-34(27-52-41-23-40(51-26-33-8-6-15-44-24-33)35(22-38(41)43)25-45-16-17-46-32(3)48)9-4-10-36(30)37-11-5-12-39(31(37)2)50-20-7-18-47-19-13-42(28-47)14-21-49-29-42/h4-6,8-12,15,22-24,45H,7,13-14,16-21,25-29H2,1-3H3,(H,46,48). The highest BCUT2D eigenvalue weighted by Gasteiger charge is 2.40. The molecule has 3 heterocycles. The Hall–Kier alpha value is -4.15. The van der Waals surface area contributed by atoms with Gasteiger partial charge in [-0.1, -0.05) is 48.0 Å². The lowest BCUT2D eigenvalue weighted by Crippen LogP contribution is -2.30. The maximum atomic E-state index is 11.2. The van der Waals surface area contributed by atoms with Crippen LogP contribution >= 0.6 is 11.6 Å². The van der Waals surface area contributed by atoms with Gasteiger partial charge < -0.3 is 34.5 Å². The average Bonchev–Trinajstić information content (AvgIpc) is 3.79. The molecular formula is C42H51ClN4O5. The molecule has 1 atom stereocenters. The highest BCUT2D eigenvalue weighted by molar-refractivity contribution is 6.32. The number of ether oxygens (including phenoxy) is 4. The van der Waals surface area contributed by atoms with E-state index in [1.165, 1.54) is 19.8 Å². The van der Waals surface area contributed by atoms with Crippen molar-refractivity contribution < 1.29 is 23.7 Å². The van der Waals surface area contributed by atoms with Crippen LogP contribution in [0.3, 0.4) is 0 Å². The minimum atomic E-state index is -0.0580. The molecule has 1 amide bonds. The first-order chi connectivity index (χ1) is 25.3. The van der Waals surface area contributed by atoms with Gasteiger partial charge in [0, 0.05) is 81.3 Å². The molecule has 1 unspecified atom stereocenters. The van der Waals surface area contributed by atoms with Crippen molar-refractivity contribution in [3.8, 4) is 28.4 Å². The molecule has 1 aromatic heterocycles. The Morgan fingerprint density at radius 1 is 0.923 bits per heavy atom. The van der Waals surface area contributed by atoms with E-state index >= 15 is 0 Å². The summed E-state index contributed by atoms with van der Waals surface area (Å²) in [6.07, 6.45) is 6.98. The van der Waals surface area contributed by atoms with Crippen LogP contribution in [0.1, 0.15) is 54.0 Å². The van der Waals surface area contributed by atoms with E-state index in [4.69, 9.17) is 30.5 Å². The number of carbonyl (C=O) groups excluding carboxylic acids is 1. The van der Waals surface area contributed by atoms with Crippen LogP contribution in [-0.2, 0) is 29.3 Å². The number of rotatable bonds is 17. The van der Waals surface area contributed by atoms with E-state index in [1.54, 1.807) is 12.4 Å². The highest BCUT2D eigenvalue weighted by atomic mass is 35.5. The number of carbonyl (C=O) groups is 1. The van der Waals surface area contributed by atoms with E-state index in [9.17, 15) is 4.79 Å². The van der Waals surface area contributed by atoms with Crippen molar-refractivity contribution in [3.63, 3.8) is 0 Å². The molecule has 0 radical (unpaired) electrons. The Bertz CT molecular complexity index is 1800. The van der Waals surface area contributed by atoms with E-state index in [2.05, 4.69) is 70.8 Å². The predicted molar refractivity (Wildman–Crippen MR) is 205 cm³/mol. The second-order valence-corrected chi connectivity index (χ2v) is 14.4. The first kappa shape index (κ1) is 37.6. The van der Waals surface area contributed by atoms with Crippen molar-refractivity contribution in [2.45, 2.75) is 59.8 Å². The van der Waals surface area contributed by atoms with Gasteiger partial charge in [0.25, 0.3) is 0 Å². The van der Waals surface area contributed by atoms with Crippen LogP contribution in [0.5, 0.6) is 17.2 Å². The maximum absolute atomic E-state index is 11.2. The van der Waals surface area contributed by atoms with E-state index < -0.39 is 0 Å². The topological polar surface area (TPSA) is 94.2 Å². The molecule has 9 nitrogen and oxygen atoms in total. The number of likely N-dealkylation sites (tertiary alicyclic amines) is 1. The van der Waals surface area contributed by atoms with Crippen molar-refractivity contribution in [2.75, 3.05) is 52.5 Å². The van der Waals surface area contributed by atoms with Crippen molar-refractivity contribution in [1.82, 2.24) is 20.5 Å². The second-order valence-electron chi connectivity index (χ2n) is 14.0. The monoisotopic (exact) mass is 726 g/mol. The Morgan fingerprint density at radius 3 is 2.54 bits per heavy atom. The number of hydrogen-bond acceptors (Lipinski definition) is 8. The molecule has 6 rings (SSSR count). The Kier molecular flexibility index (Phi) is 13.1. The largest absolute Gasteiger partial charge is 0.493 e. The predicted octanol–water partition coefficient (Wildman–Crippen LogP) is 7.28. The number of hydrogen-bond donors (Lipinski definition) is 2. The molecule has 10 heteroatoms. The third kappa shape index (κ3) is 9.83. The highest BCUT2D eigenvalue weighted by Crippen LogP contribution is 2.39. The van der Waals surface area contributed by atoms with Crippen molar-refractivity contribution in [2.24, 2.45) is 5.41 Å². The van der Waals surface area contributed by atoms with Gasteiger partial charge in [-0.2, -0.15) is 0 Å². The summed E-state index contributed by atoms with van der Waals surface area (Å²) < 4.78 is 24.7. The van der Waals surface area contributed by atoms with Crippen LogP contribution < -0.4 is 24.8 Å². The van der Waals surface area contributed by atoms with Crippen LogP contribution in [0.2, 0.25) is 5.02 Å². The lowest BCUT2D eigenvalue weighted by molar-refractivity contribution is -0.118. The molecule has 1 spiro atoms. The van der Waals surface area contributed by atoms with Gasteiger partial charge in [0.1, 0.15) is 30.5 Å². The summed E-state index contributed by atoms with van der Waals surface area (Å²) in [5.74, 6) is 2.08. The number of halogens is 1. The summed E-state index contributed by atoms with van der Waals surface area (Å²) >= 11 is 6.79. The molecule has 4 aromatic rings. The van der Waals surface area contributed by atoms with Crippen LogP contribution in [-0.4, -0.2) is 68.3 Å². The fourth-order valence-corrected chi connectivity index (χ4v) is 7.40. The third-order valence-corrected chi connectivity index (χ3v) is 10.5. The summed E-state index contributed by atoms with van der Waals surface area (Å²) in [6, 6.07) is 20.2. The Labute approximate surface area is 313 Å². The molecule has 0 saturated carbocycles. The minimum absolute atomic E-state index is 0.0580. The zero-order chi connectivity index (χ0) is 36.3. The number of aromatic nitrogens is 1. The van der Waals surface area contributed by atoms with Gasteiger partial charge >= 0.3 is 0 Å². The fourth-order valence-electron chi connectivity index (χ4n) is 7.16. The third-order valence-electron chi connectivity index (χ3n) is 10.2. The van der Waals surface area contributed by atoms with Gasteiger partial charge in [-0.05, 0) is 85.7 Å². The molecule has 52 heavy (non-hydrogen) atoms. The first-order valence-corrected chi connectivity index (χ1v) is 18.7. The van der Waals surface area contributed by atoms with Gasteiger partial charge in [-0.3, -0.25) is 9.78 Å². The number of amides is 1. The fraction of sp³-hybridized carbons (Fsp3) is 0.429. The number of nitrogens with zero attached hydrogens (tertiary/aromatic N) is 2. The molecule has 2 N–H and O–H groups in total. The minimum Gasteiger partial charge on any atom is -0.493 e. The summed E-state index contributed by atoms with van der Waals surface area (Å²) in [7, 11) is 0. The van der Waals surface area contributed by atoms with Crippen molar-refractivity contribution >= 4 is 17.5 Å². The lowest BCUT2D eigenvalue weighted by Gasteiger charge is -2.22. The van der Waals surface area contributed by atoms with Gasteiger partial charge in [-0.25, -0.2) is 0 Å². The number of benzene rings is 3. The van der Waals surface area contributed by atoms with E-state index in [0.717, 1.165) is 84.0 Å². The molecule has 0 aliphatic carbocycles. The summed E-state index contributed by atoms with van der Waals surface area (Å²) in [6.45, 7) is 14.0. The molecule has 2 saturated heterocycles. The zero-order valence-corrected chi connectivity index (χ0v) is 31.4. The normalized spacial score (nSPS) is 17.1. The molecule has 0 bridgehead atoms. The van der Waals surface area contributed by atoms with E-state index in [0.29, 0.717) is 61.4 Å². The Balaban J connectivity index is 1.09. The maximum Gasteiger partial charge on any atom is 0.216 e. The van der Waals surface area contributed by atoms with Gasteiger partial charge in [-0.15, -0.1) is 0 Å². The van der Waals surface area contributed by atoms with E-state index in [-0.39, 0.29) is 5.91 Å². The Morgan fingerprint density at radius 2 is 1.75 bits per heavy atom. The summed E-state index contributed by atoms with van der Waals surface area (Å²) in [4.78, 5) is 18.0. The number of pyridine rings is 1.